The molecule has 4 nitrogen and oxygen atoms in total. The highest BCUT2D eigenvalue weighted by atomic mass is 16.5. The number of aryl methyl sites for hydroxylation is 1. The Morgan fingerprint density at radius 2 is 2.06 bits per heavy atom. The molecule has 2 N–H and O–H groups in total. The first kappa shape index (κ1) is 11.2. The van der Waals surface area contributed by atoms with Crippen molar-refractivity contribution in [1.82, 2.24) is 9.97 Å². The third-order valence-electron chi connectivity index (χ3n) is 3.14. The van der Waals surface area contributed by atoms with E-state index in [0.29, 0.717) is 6.61 Å². The number of nitrogens with two attached hydrogens (primary N) is 1. The molecule has 1 aromatic heterocycles. The highest BCUT2D eigenvalue weighted by molar-refractivity contribution is 5.69. The Morgan fingerprint density at radius 3 is 2.83 bits per heavy atom. The zero-order chi connectivity index (χ0) is 12.5. The van der Waals surface area contributed by atoms with Crippen molar-refractivity contribution in [2.75, 3.05) is 6.61 Å². The largest absolute Gasteiger partial charge is 0.492 e. The van der Waals surface area contributed by atoms with Crippen LogP contribution in [-0.2, 0) is 6.42 Å². The van der Waals surface area contributed by atoms with Crippen LogP contribution in [0.4, 0.5) is 0 Å². The predicted octanol–water partition coefficient (Wildman–Crippen LogP) is 1.71. The van der Waals surface area contributed by atoms with Crippen molar-refractivity contribution in [1.29, 1.82) is 0 Å². The van der Waals surface area contributed by atoms with Gasteiger partial charge in [0.1, 0.15) is 18.2 Å². The average Bonchev–Trinajstić information content (AvgIpc) is 2.39. The fourth-order valence-electron chi connectivity index (χ4n) is 2.23. The summed E-state index contributed by atoms with van der Waals surface area (Å²) in [5, 5.41) is 0. The van der Waals surface area contributed by atoms with Gasteiger partial charge in [0.2, 0.25) is 0 Å². The SMILES string of the molecule is Cc1ncc(-c2cccc3c2CC(N)CO3)cn1. The third kappa shape index (κ3) is 1.95. The highest BCUT2D eigenvalue weighted by Gasteiger charge is 2.20. The highest BCUT2D eigenvalue weighted by Crippen LogP contribution is 2.33. The Bertz CT molecular complexity index is 566. The van der Waals surface area contributed by atoms with E-state index in [1.54, 1.807) is 0 Å². The van der Waals surface area contributed by atoms with E-state index >= 15 is 0 Å². The molecule has 0 spiro atoms. The van der Waals surface area contributed by atoms with Gasteiger partial charge in [0.25, 0.3) is 0 Å². The molecule has 92 valence electrons. The van der Waals surface area contributed by atoms with Gasteiger partial charge in [0, 0.05) is 29.6 Å². The van der Waals surface area contributed by atoms with Crippen LogP contribution in [0, 0.1) is 6.92 Å². The number of benzene rings is 1. The van der Waals surface area contributed by atoms with Gasteiger partial charge in [0.15, 0.2) is 0 Å². The molecule has 2 heterocycles. The minimum Gasteiger partial charge on any atom is -0.492 e. The van der Waals surface area contributed by atoms with Crippen molar-refractivity contribution in [2.45, 2.75) is 19.4 Å². The van der Waals surface area contributed by atoms with Crippen LogP contribution in [0.2, 0.25) is 0 Å². The van der Waals surface area contributed by atoms with Crippen molar-refractivity contribution < 1.29 is 4.74 Å². The summed E-state index contributed by atoms with van der Waals surface area (Å²) in [6, 6.07) is 6.10. The Labute approximate surface area is 106 Å². The normalized spacial score (nSPS) is 18.0. The fraction of sp³-hybridized carbons (Fsp3) is 0.286. The second kappa shape index (κ2) is 4.38. The Morgan fingerprint density at radius 1 is 1.28 bits per heavy atom. The van der Waals surface area contributed by atoms with E-state index < -0.39 is 0 Å². The van der Waals surface area contributed by atoms with E-state index in [2.05, 4.69) is 16.0 Å². The molecule has 1 aliphatic rings. The first-order valence-electron chi connectivity index (χ1n) is 6.03. The summed E-state index contributed by atoms with van der Waals surface area (Å²) in [5.41, 5.74) is 9.24. The molecule has 0 radical (unpaired) electrons. The number of rotatable bonds is 1. The predicted molar refractivity (Wildman–Crippen MR) is 69.4 cm³/mol. The van der Waals surface area contributed by atoms with Gasteiger partial charge in [-0.25, -0.2) is 9.97 Å². The van der Waals surface area contributed by atoms with E-state index in [4.69, 9.17) is 10.5 Å². The molecule has 18 heavy (non-hydrogen) atoms. The zero-order valence-corrected chi connectivity index (χ0v) is 10.3. The lowest BCUT2D eigenvalue weighted by molar-refractivity contribution is 0.264. The Kier molecular flexibility index (Phi) is 2.72. The summed E-state index contributed by atoms with van der Waals surface area (Å²) in [4.78, 5) is 8.48. The van der Waals surface area contributed by atoms with Crippen LogP contribution in [0.15, 0.2) is 30.6 Å². The van der Waals surface area contributed by atoms with Crippen molar-refractivity contribution in [3.63, 3.8) is 0 Å². The van der Waals surface area contributed by atoms with E-state index in [1.807, 2.05) is 31.5 Å². The molecule has 0 amide bonds. The Hall–Kier alpha value is -1.94. The molecule has 0 bridgehead atoms. The minimum atomic E-state index is 0.0602. The van der Waals surface area contributed by atoms with Gasteiger partial charge in [-0.1, -0.05) is 12.1 Å². The molecule has 0 saturated carbocycles. The molecule has 3 rings (SSSR count). The second-order valence-electron chi connectivity index (χ2n) is 4.58. The van der Waals surface area contributed by atoms with Crippen molar-refractivity contribution in [2.24, 2.45) is 5.73 Å². The number of ether oxygens (including phenoxy) is 1. The molecular formula is C14H15N3O. The summed E-state index contributed by atoms with van der Waals surface area (Å²) >= 11 is 0. The van der Waals surface area contributed by atoms with Crippen LogP contribution < -0.4 is 10.5 Å². The topological polar surface area (TPSA) is 61.0 Å². The van der Waals surface area contributed by atoms with E-state index in [0.717, 1.165) is 34.7 Å². The molecule has 1 atom stereocenters. The minimum absolute atomic E-state index is 0.0602. The quantitative estimate of drug-likeness (QED) is 0.825. The lowest BCUT2D eigenvalue weighted by Crippen LogP contribution is -2.34. The van der Waals surface area contributed by atoms with Crippen LogP contribution in [0.5, 0.6) is 5.75 Å². The maximum atomic E-state index is 5.96. The maximum Gasteiger partial charge on any atom is 0.125 e. The molecule has 0 aliphatic carbocycles. The molecule has 4 heteroatoms. The molecule has 1 unspecified atom stereocenters. The van der Waals surface area contributed by atoms with E-state index in [-0.39, 0.29) is 6.04 Å². The standard InChI is InChI=1S/C14H15N3O/c1-9-16-6-10(7-17-9)12-3-2-4-14-13(12)5-11(15)8-18-14/h2-4,6-7,11H,5,8,15H2,1H3. The summed E-state index contributed by atoms with van der Waals surface area (Å²) in [7, 11) is 0. The fourth-order valence-corrected chi connectivity index (χ4v) is 2.23. The van der Waals surface area contributed by atoms with Crippen LogP contribution >= 0.6 is 0 Å². The number of nitrogens with zero attached hydrogens (tertiary/aromatic N) is 2. The number of hydrogen-bond acceptors (Lipinski definition) is 4. The van der Waals surface area contributed by atoms with Crippen LogP contribution in [0.1, 0.15) is 11.4 Å². The van der Waals surface area contributed by atoms with Gasteiger partial charge in [0.05, 0.1) is 0 Å². The monoisotopic (exact) mass is 241 g/mol. The molecule has 2 aromatic rings. The van der Waals surface area contributed by atoms with Crippen molar-refractivity contribution >= 4 is 0 Å². The van der Waals surface area contributed by atoms with Gasteiger partial charge in [-0.3, -0.25) is 0 Å². The lowest BCUT2D eigenvalue weighted by atomic mass is 9.94. The van der Waals surface area contributed by atoms with Crippen LogP contribution in [-0.4, -0.2) is 22.6 Å². The summed E-state index contributed by atoms with van der Waals surface area (Å²) in [5.74, 6) is 1.70. The molecule has 1 aliphatic heterocycles. The summed E-state index contributed by atoms with van der Waals surface area (Å²) in [6.07, 6.45) is 4.52. The molecule has 0 saturated heterocycles. The van der Waals surface area contributed by atoms with Gasteiger partial charge in [-0.15, -0.1) is 0 Å². The van der Waals surface area contributed by atoms with Crippen LogP contribution in [0.25, 0.3) is 11.1 Å². The van der Waals surface area contributed by atoms with Crippen LogP contribution in [0.3, 0.4) is 0 Å². The first-order valence-corrected chi connectivity index (χ1v) is 6.03. The molecular weight excluding hydrogens is 226 g/mol. The summed E-state index contributed by atoms with van der Waals surface area (Å²) < 4.78 is 5.66. The van der Waals surface area contributed by atoms with E-state index in [9.17, 15) is 0 Å². The Balaban J connectivity index is 2.09. The number of fused-ring (bicyclic) bond motifs is 1. The van der Waals surface area contributed by atoms with E-state index in [1.165, 1.54) is 0 Å². The van der Waals surface area contributed by atoms with Gasteiger partial charge in [-0.05, 0) is 25.0 Å². The van der Waals surface area contributed by atoms with Crippen molar-refractivity contribution in [3.8, 4) is 16.9 Å². The smallest absolute Gasteiger partial charge is 0.125 e. The molecule has 1 aromatic carbocycles. The lowest BCUT2D eigenvalue weighted by Gasteiger charge is -2.24. The van der Waals surface area contributed by atoms with Gasteiger partial charge < -0.3 is 10.5 Å². The molecule has 0 fully saturated rings. The third-order valence-corrected chi connectivity index (χ3v) is 3.14. The number of aromatic nitrogens is 2. The first-order chi connectivity index (χ1) is 8.74. The summed E-state index contributed by atoms with van der Waals surface area (Å²) in [6.45, 7) is 2.46. The second-order valence-corrected chi connectivity index (χ2v) is 4.58. The zero-order valence-electron chi connectivity index (χ0n) is 10.3. The van der Waals surface area contributed by atoms with Gasteiger partial charge in [-0.2, -0.15) is 0 Å². The average molecular weight is 241 g/mol. The number of hydrogen-bond donors (Lipinski definition) is 1. The maximum absolute atomic E-state index is 5.96. The van der Waals surface area contributed by atoms with Crippen molar-refractivity contribution in [3.05, 3.63) is 42.0 Å². The van der Waals surface area contributed by atoms with Gasteiger partial charge >= 0.3 is 0 Å².